The first-order valence-corrected chi connectivity index (χ1v) is 8.08. The van der Waals surface area contributed by atoms with E-state index in [0.717, 1.165) is 37.6 Å². The normalized spacial score (nSPS) is 25.3. The van der Waals surface area contributed by atoms with Crippen LogP contribution >= 0.6 is 0 Å². The molecule has 4 nitrogen and oxygen atoms in total. The zero-order valence-corrected chi connectivity index (χ0v) is 14.3. The van der Waals surface area contributed by atoms with Gasteiger partial charge >= 0.3 is 0 Å². The van der Waals surface area contributed by atoms with E-state index in [1.807, 2.05) is 6.20 Å². The van der Waals surface area contributed by atoms with Gasteiger partial charge in [0.15, 0.2) is 0 Å². The third-order valence-corrected chi connectivity index (χ3v) is 4.46. The van der Waals surface area contributed by atoms with Crippen molar-refractivity contribution in [1.29, 1.82) is 0 Å². The third-order valence-electron chi connectivity index (χ3n) is 4.46. The first-order chi connectivity index (χ1) is 10.5. The zero-order valence-electron chi connectivity index (χ0n) is 14.3. The molecular formula is C18H28N4. The highest BCUT2D eigenvalue weighted by Crippen LogP contribution is 2.17. The number of nitrogens with one attached hydrogen (secondary N) is 1. The highest BCUT2D eigenvalue weighted by atomic mass is 15.3. The van der Waals surface area contributed by atoms with Crippen LogP contribution in [0.3, 0.4) is 0 Å². The van der Waals surface area contributed by atoms with Gasteiger partial charge in [0.1, 0.15) is 5.82 Å². The molecule has 0 bridgehead atoms. The lowest BCUT2D eigenvalue weighted by Crippen LogP contribution is -2.52. The molecule has 1 heterocycles. The molecule has 1 fully saturated rings. The highest BCUT2D eigenvalue weighted by Gasteiger charge is 2.22. The predicted molar refractivity (Wildman–Crippen MR) is 95.4 cm³/mol. The Morgan fingerprint density at radius 2 is 2.18 bits per heavy atom. The number of hydrogen-bond donors (Lipinski definition) is 1. The Kier molecular flexibility index (Phi) is 5.72. The molecule has 0 radical (unpaired) electrons. The summed E-state index contributed by atoms with van der Waals surface area (Å²) in [7, 11) is 0. The molecule has 1 N–H and O–H groups in total. The fourth-order valence-electron chi connectivity index (χ4n) is 2.73. The van der Waals surface area contributed by atoms with E-state index in [1.165, 1.54) is 11.1 Å². The van der Waals surface area contributed by atoms with Crippen LogP contribution in [0, 0.1) is 5.92 Å². The van der Waals surface area contributed by atoms with Gasteiger partial charge in [-0.05, 0) is 38.1 Å². The molecule has 120 valence electrons. The van der Waals surface area contributed by atoms with Crippen LogP contribution in [0.1, 0.15) is 34.1 Å². The molecule has 1 saturated heterocycles. The summed E-state index contributed by atoms with van der Waals surface area (Å²) in [5, 5.41) is 3.56. The van der Waals surface area contributed by atoms with Crippen LogP contribution in [0.25, 0.3) is 0 Å². The molecule has 0 saturated carbocycles. The minimum atomic E-state index is 0.494. The number of nitrogens with zero attached hydrogens (tertiary/aromatic N) is 3. The average Bonchev–Trinajstić information content (AvgIpc) is 2.51. The van der Waals surface area contributed by atoms with Gasteiger partial charge in [-0.3, -0.25) is 4.99 Å². The van der Waals surface area contributed by atoms with E-state index in [2.05, 4.69) is 66.8 Å². The number of allylic oxidation sites excluding steroid dienone is 4. The van der Waals surface area contributed by atoms with E-state index in [4.69, 9.17) is 0 Å². The molecule has 0 aromatic carbocycles. The van der Waals surface area contributed by atoms with Crippen molar-refractivity contribution < 1.29 is 0 Å². The summed E-state index contributed by atoms with van der Waals surface area (Å²) in [4.78, 5) is 11.1. The zero-order chi connectivity index (χ0) is 16.1. The molecule has 1 aliphatic heterocycles. The van der Waals surface area contributed by atoms with Gasteiger partial charge in [0.05, 0.1) is 6.20 Å². The summed E-state index contributed by atoms with van der Waals surface area (Å²) in [6.07, 6.45) is 7.13. The predicted octanol–water partition coefficient (Wildman–Crippen LogP) is 3.15. The van der Waals surface area contributed by atoms with Gasteiger partial charge in [0, 0.05) is 37.8 Å². The average molecular weight is 300 g/mol. The van der Waals surface area contributed by atoms with Crippen molar-refractivity contribution >= 4 is 12.4 Å². The van der Waals surface area contributed by atoms with Gasteiger partial charge in [-0.15, -0.1) is 0 Å². The molecule has 1 unspecified atom stereocenters. The molecule has 4 heteroatoms. The molecule has 22 heavy (non-hydrogen) atoms. The topological polar surface area (TPSA) is 40.0 Å². The van der Waals surface area contributed by atoms with Crippen LogP contribution in [0.15, 0.2) is 45.3 Å². The van der Waals surface area contributed by atoms with Crippen LogP contribution in [-0.2, 0) is 0 Å². The van der Waals surface area contributed by atoms with Crippen LogP contribution in [-0.4, -0.2) is 43.0 Å². The summed E-state index contributed by atoms with van der Waals surface area (Å²) in [5.74, 6) is 1.48. The fourth-order valence-corrected chi connectivity index (χ4v) is 2.73. The van der Waals surface area contributed by atoms with E-state index in [1.54, 1.807) is 0 Å². The highest BCUT2D eigenvalue weighted by molar-refractivity contribution is 5.98. The van der Waals surface area contributed by atoms with Crippen LogP contribution in [0.4, 0.5) is 0 Å². The van der Waals surface area contributed by atoms with Crippen molar-refractivity contribution in [2.45, 2.75) is 40.2 Å². The van der Waals surface area contributed by atoms with Gasteiger partial charge < -0.3 is 10.2 Å². The lowest BCUT2D eigenvalue weighted by molar-refractivity contribution is 0.212. The van der Waals surface area contributed by atoms with Crippen LogP contribution < -0.4 is 5.32 Å². The lowest BCUT2D eigenvalue weighted by atomic mass is 9.99. The molecule has 1 aliphatic carbocycles. The third kappa shape index (κ3) is 4.17. The van der Waals surface area contributed by atoms with Crippen molar-refractivity contribution in [3.8, 4) is 0 Å². The standard InChI is InChI=1S/C18H28N4/c1-13(2)17-12-22(9-8-20-17)18(19-5)11-21-16-7-6-14(3)15(4)10-16/h6,10-11,13,17,20H,5,7-9,12H2,1-4H3/b18-11+,21-16+. The Hall–Kier alpha value is -1.68. The Labute approximate surface area is 134 Å². The van der Waals surface area contributed by atoms with Crippen LogP contribution in [0.2, 0.25) is 0 Å². The van der Waals surface area contributed by atoms with E-state index < -0.39 is 0 Å². The second-order valence-electron chi connectivity index (χ2n) is 6.44. The van der Waals surface area contributed by atoms with Crippen molar-refractivity contribution in [3.63, 3.8) is 0 Å². The molecule has 0 amide bonds. The smallest absolute Gasteiger partial charge is 0.146 e. The van der Waals surface area contributed by atoms with Crippen LogP contribution in [0.5, 0.6) is 0 Å². The van der Waals surface area contributed by atoms with Crippen molar-refractivity contribution in [2.24, 2.45) is 15.9 Å². The van der Waals surface area contributed by atoms with Crippen molar-refractivity contribution in [1.82, 2.24) is 10.2 Å². The van der Waals surface area contributed by atoms with Gasteiger partial charge in [-0.25, -0.2) is 4.99 Å². The SMILES string of the molecule is C=N/C(=C\N=C1\C=C(C)C(C)=CC1)N1CCNC(C(C)C)C1. The summed E-state index contributed by atoms with van der Waals surface area (Å²) < 4.78 is 0. The van der Waals surface area contributed by atoms with Gasteiger partial charge in [-0.2, -0.15) is 0 Å². The lowest BCUT2D eigenvalue weighted by Gasteiger charge is -2.36. The van der Waals surface area contributed by atoms with E-state index >= 15 is 0 Å². The van der Waals surface area contributed by atoms with E-state index in [0.29, 0.717) is 12.0 Å². The summed E-state index contributed by atoms with van der Waals surface area (Å²) in [6.45, 7) is 15.4. The molecule has 1 atom stereocenters. The summed E-state index contributed by atoms with van der Waals surface area (Å²) >= 11 is 0. The Morgan fingerprint density at radius 1 is 1.41 bits per heavy atom. The Morgan fingerprint density at radius 3 is 2.82 bits per heavy atom. The van der Waals surface area contributed by atoms with Crippen molar-refractivity contribution in [2.75, 3.05) is 19.6 Å². The summed E-state index contributed by atoms with van der Waals surface area (Å²) in [6, 6.07) is 0.494. The second-order valence-corrected chi connectivity index (χ2v) is 6.44. The maximum atomic E-state index is 4.62. The number of piperazine rings is 1. The first kappa shape index (κ1) is 16.7. The molecule has 0 aromatic rings. The fraction of sp³-hybridized carbons (Fsp3) is 0.556. The van der Waals surface area contributed by atoms with Gasteiger partial charge in [0.25, 0.3) is 0 Å². The maximum absolute atomic E-state index is 4.62. The second kappa shape index (κ2) is 7.54. The molecule has 0 spiro atoms. The quantitative estimate of drug-likeness (QED) is 0.810. The van der Waals surface area contributed by atoms with Crippen molar-refractivity contribution in [3.05, 3.63) is 35.3 Å². The van der Waals surface area contributed by atoms with E-state index in [9.17, 15) is 0 Å². The monoisotopic (exact) mass is 300 g/mol. The van der Waals surface area contributed by atoms with Gasteiger partial charge in [0.2, 0.25) is 0 Å². The molecular weight excluding hydrogens is 272 g/mol. The molecule has 2 rings (SSSR count). The largest absolute Gasteiger partial charge is 0.353 e. The van der Waals surface area contributed by atoms with Gasteiger partial charge in [-0.1, -0.05) is 25.5 Å². The number of aliphatic imine (C=N–C) groups is 2. The minimum Gasteiger partial charge on any atom is -0.353 e. The number of rotatable bonds is 4. The summed E-state index contributed by atoms with van der Waals surface area (Å²) in [5.41, 5.74) is 3.71. The Bertz CT molecular complexity index is 537. The first-order valence-electron chi connectivity index (χ1n) is 8.08. The molecule has 2 aliphatic rings. The van der Waals surface area contributed by atoms with E-state index in [-0.39, 0.29) is 0 Å². The Balaban J connectivity index is 2.10. The molecule has 0 aromatic heterocycles. The number of hydrogen-bond acceptors (Lipinski definition) is 4. The maximum Gasteiger partial charge on any atom is 0.146 e. The minimum absolute atomic E-state index is 0.494.